The number of nitrogens with zero attached hydrogens (tertiary/aromatic N) is 1. The summed E-state index contributed by atoms with van der Waals surface area (Å²) >= 11 is 0. The molecule has 52 valence electrons. The van der Waals surface area contributed by atoms with E-state index in [0.717, 1.165) is 0 Å². The summed E-state index contributed by atoms with van der Waals surface area (Å²) < 4.78 is 0. The van der Waals surface area contributed by atoms with Crippen LogP contribution in [0.25, 0.3) is 0 Å². The van der Waals surface area contributed by atoms with E-state index in [1.54, 1.807) is 0 Å². The molecule has 0 saturated heterocycles. The fourth-order valence-corrected chi connectivity index (χ4v) is 1.51. The van der Waals surface area contributed by atoms with Crippen molar-refractivity contribution in [2.75, 3.05) is 0 Å². The van der Waals surface area contributed by atoms with E-state index in [1.807, 2.05) is 0 Å². The first-order valence-corrected chi connectivity index (χ1v) is 10.7. The van der Waals surface area contributed by atoms with Gasteiger partial charge in [-0.25, -0.2) is 5.26 Å². The van der Waals surface area contributed by atoms with Crippen LogP contribution in [-0.2, 0) is 0 Å². The van der Waals surface area contributed by atoms with Gasteiger partial charge in [0.15, 0.2) is 7.59 Å². The van der Waals surface area contributed by atoms with Crippen molar-refractivity contribution in [3.63, 3.8) is 0 Å². The second kappa shape index (κ2) is 2.27. The van der Waals surface area contributed by atoms with Gasteiger partial charge in [0.1, 0.15) is 0 Å². The molecule has 0 aliphatic rings. The van der Waals surface area contributed by atoms with Crippen LogP contribution in [0.15, 0.2) is 0 Å². The van der Waals surface area contributed by atoms with Crippen LogP contribution in [0.4, 0.5) is 0 Å². The van der Waals surface area contributed by atoms with Crippen LogP contribution < -0.4 is 0 Å². The molecule has 0 unspecified atom stereocenters. The smallest absolute Gasteiger partial charge is 0.158 e. The lowest BCUT2D eigenvalue weighted by Crippen LogP contribution is -2.51. The van der Waals surface area contributed by atoms with Gasteiger partial charge in [0.05, 0.1) is 7.59 Å². The Morgan fingerprint density at radius 3 is 1.33 bits per heavy atom. The van der Waals surface area contributed by atoms with Crippen molar-refractivity contribution in [2.45, 2.75) is 32.7 Å². The molecule has 9 heavy (non-hydrogen) atoms. The molecule has 0 heterocycles. The van der Waals surface area contributed by atoms with Crippen molar-refractivity contribution < 1.29 is 0 Å². The molecule has 1 nitrogen and oxygen atoms in total. The molecule has 0 aliphatic heterocycles. The number of nitriles is 1. The summed E-state index contributed by atoms with van der Waals surface area (Å²) in [5.74, 6) is 0. The van der Waals surface area contributed by atoms with Gasteiger partial charge in [0.2, 0.25) is 0 Å². The second-order valence-corrected chi connectivity index (χ2v) is 20.2. The fraction of sp³-hybridized carbons (Fsp3) is 0.833. The molecule has 0 amide bonds. The zero-order chi connectivity index (χ0) is 7.71. The Morgan fingerprint density at radius 2 is 1.33 bits per heavy atom. The predicted octanol–water partition coefficient (Wildman–Crippen LogP) is 2.17. The molecule has 0 N–H and O–H groups in total. The molecule has 0 aromatic heterocycles. The molecule has 0 fully saturated rings. The van der Waals surface area contributed by atoms with E-state index in [1.165, 1.54) is 0 Å². The molecular weight excluding hydrogens is 142 g/mol. The maximum Gasteiger partial charge on any atom is 0.158 e. The highest BCUT2D eigenvalue weighted by Crippen LogP contribution is 2.16. The Morgan fingerprint density at radius 1 is 1.00 bits per heavy atom. The SMILES string of the molecule is C[Si](C)(C)[Si](C)(C)C#N. The predicted molar refractivity (Wildman–Crippen MR) is 46.4 cm³/mol. The van der Waals surface area contributed by atoms with Gasteiger partial charge in [0, 0.05) is 5.69 Å². The van der Waals surface area contributed by atoms with E-state index in [2.05, 4.69) is 38.4 Å². The van der Waals surface area contributed by atoms with E-state index < -0.39 is 15.2 Å². The first kappa shape index (κ1) is 8.92. The standard InChI is InChI=1S/C6H15NSi2/c1-8(2,3)9(4,5)6-7/h1-5H3. The maximum absolute atomic E-state index is 8.78. The third-order valence-electron chi connectivity index (χ3n) is 2.15. The van der Waals surface area contributed by atoms with Gasteiger partial charge in [-0.05, 0) is 0 Å². The topological polar surface area (TPSA) is 23.8 Å². The molecule has 0 spiro atoms. The minimum absolute atomic E-state index is 1.11. The lowest BCUT2D eigenvalue weighted by atomic mass is 11.7. The Hall–Kier alpha value is -0.0762. The highest BCUT2D eigenvalue weighted by Gasteiger charge is 2.37. The normalized spacial score (nSPS) is 12.9. The van der Waals surface area contributed by atoms with Crippen LogP contribution in [0.5, 0.6) is 0 Å². The molecular formula is C6H15NSi2. The summed E-state index contributed by atoms with van der Waals surface area (Å²) in [7, 11) is -2.54. The van der Waals surface area contributed by atoms with Crippen LogP contribution >= 0.6 is 0 Å². The van der Waals surface area contributed by atoms with Crippen molar-refractivity contribution in [2.24, 2.45) is 0 Å². The van der Waals surface area contributed by atoms with Gasteiger partial charge in [-0.2, -0.15) is 0 Å². The summed E-state index contributed by atoms with van der Waals surface area (Å²) in [5, 5.41) is 8.78. The number of hydrogen-bond acceptors (Lipinski definition) is 1. The summed E-state index contributed by atoms with van der Waals surface area (Å²) in [6.07, 6.45) is 0. The fourth-order valence-electron chi connectivity index (χ4n) is 0.168. The molecule has 0 aliphatic carbocycles. The number of rotatable bonds is 1. The molecule has 0 aromatic carbocycles. The van der Waals surface area contributed by atoms with Gasteiger partial charge < -0.3 is 0 Å². The Kier molecular flexibility index (Phi) is 2.25. The highest BCUT2D eigenvalue weighted by atomic mass is 29.3. The first-order valence-electron chi connectivity index (χ1n) is 3.22. The first-order chi connectivity index (χ1) is 3.81. The van der Waals surface area contributed by atoms with Crippen LogP contribution in [0.1, 0.15) is 0 Å². The zero-order valence-corrected chi connectivity index (χ0v) is 8.95. The monoisotopic (exact) mass is 157 g/mol. The van der Waals surface area contributed by atoms with Crippen LogP contribution in [0.2, 0.25) is 32.7 Å². The minimum Gasteiger partial charge on any atom is -0.207 e. The third kappa shape index (κ3) is 1.96. The summed E-state index contributed by atoms with van der Waals surface area (Å²) in [6, 6.07) is 0. The van der Waals surface area contributed by atoms with Crippen LogP contribution in [-0.4, -0.2) is 15.2 Å². The van der Waals surface area contributed by atoms with Crippen LogP contribution in [0, 0.1) is 11.0 Å². The van der Waals surface area contributed by atoms with Crippen LogP contribution in [0.3, 0.4) is 0 Å². The summed E-state index contributed by atoms with van der Waals surface area (Å²) in [4.78, 5) is 0. The summed E-state index contributed by atoms with van der Waals surface area (Å²) in [6.45, 7) is 11.2. The molecule has 0 rings (SSSR count). The highest BCUT2D eigenvalue weighted by molar-refractivity contribution is 7.43. The molecule has 0 radical (unpaired) electrons. The Labute approximate surface area is 59.5 Å². The van der Waals surface area contributed by atoms with Gasteiger partial charge >= 0.3 is 0 Å². The molecule has 0 saturated carbocycles. The van der Waals surface area contributed by atoms with E-state index >= 15 is 0 Å². The lowest BCUT2D eigenvalue weighted by Gasteiger charge is -2.26. The maximum atomic E-state index is 8.78. The average molecular weight is 157 g/mol. The van der Waals surface area contributed by atoms with E-state index in [-0.39, 0.29) is 0 Å². The van der Waals surface area contributed by atoms with Crippen molar-refractivity contribution in [1.82, 2.24) is 0 Å². The number of hydrogen-bond donors (Lipinski definition) is 0. The van der Waals surface area contributed by atoms with E-state index in [9.17, 15) is 0 Å². The molecule has 0 bridgehead atoms. The van der Waals surface area contributed by atoms with E-state index in [4.69, 9.17) is 5.26 Å². The average Bonchev–Trinajstić information content (AvgIpc) is 1.64. The molecule has 3 heteroatoms. The molecule has 0 atom stereocenters. The zero-order valence-electron chi connectivity index (χ0n) is 6.95. The van der Waals surface area contributed by atoms with Crippen molar-refractivity contribution in [3.05, 3.63) is 0 Å². The summed E-state index contributed by atoms with van der Waals surface area (Å²) in [5.41, 5.74) is 2.48. The van der Waals surface area contributed by atoms with Gasteiger partial charge in [-0.1, -0.05) is 32.7 Å². The van der Waals surface area contributed by atoms with Gasteiger partial charge in [-0.3, -0.25) is 0 Å². The van der Waals surface area contributed by atoms with Gasteiger partial charge in [0.25, 0.3) is 0 Å². The van der Waals surface area contributed by atoms with Crippen molar-refractivity contribution in [1.29, 1.82) is 5.26 Å². The van der Waals surface area contributed by atoms with Crippen molar-refractivity contribution >= 4 is 15.2 Å². The lowest BCUT2D eigenvalue weighted by molar-refractivity contribution is 1.54. The van der Waals surface area contributed by atoms with Gasteiger partial charge in [-0.15, -0.1) is 0 Å². The third-order valence-corrected chi connectivity index (χ3v) is 18.0. The minimum atomic E-state index is -1.43. The molecule has 0 aromatic rings. The van der Waals surface area contributed by atoms with Crippen molar-refractivity contribution in [3.8, 4) is 5.69 Å². The largest absolute Gasteiger partial charge is 0.207 e. The Bertz CT molecular complexity index is 138. The second-order valence-electron chi connectivity index (χ2n) is 3.99. The van der Waals surface area contributed by atoms with E-state index in [0.29, 0.717) is 0 Å². The quantitative estimate of drug-likeness (QED) is 0.535. The Balaban J connectivity index is 4.39.